The van der Waals surface area contributed by atoms with Gasteiger partial charge in [-0.3, -0.25) is 0 Å². The maximum Gasteiger partial charge on any atom is 0.176 e. The van der Waals surface area contributed by atoms with Gasteiger partial charge in [0.25, 0.3) is 0 Å². The summed E-state index contributed by atoms with van der Waals surface area (Å²) < 4.78 is 16.0. The molecule has 0 aliphatic rings. The number of unbranched alkanes of at least 4 members (excludes halogenated alkanes) is 1. The molecule has 0 saturated heterocycles. The SMILES string of the molecule is COC(OC)C(C)Nc1cccc(OCCCC#N)c1. The van der Waals surface area contributed by atoms with E-state index in [4.69, 9.17) is 19.5 Å². The number of nitrogens with one attached hydrogen (secondary N) is 1. The molecule has 1 N–H and O–H groups in total. The van der Waals surface area contributed by atoms with Crippen molar-refractivity contribution in [2.24, 2.45) is 0 Å². The van der Waals surface area contributed by atoms with Crippen LogP contribution in [0.1, 0.15) is 19.8 Å². The third-order valence-corrected chi connectivity index (χ3v) is 2.80. The number of rotatable bonds is 9. The Hall–Kier alpha value is -1.77. The van der Waals surface area contributed by atoms with E-state index in [2.05, 4.69) is 11.4 Å². The average molecular weight is 278 g/mol. The van der Waals surface area contributed by atoms with E-state index in [-0.39, 0.29) is 12.3 Å². The Morgan fingerprint density at radius 1 is 1.30 bits per heavy atom. The van der Waals surface area contributed by atoms with Crippen LogP contribution in [0.5, 0.6) is 5.75 Å². The predicted molar refractivity (Wildman–Crippen MR) is 77.7 cm³/mol. The van der Waals surface area contributed by atoms with E-state index in [1.807, 2.05) is 31.2 Å². The average Bonchev–Trinajstić information content (AvgIpc) is 2.45. The molecule has 0 spiro atoms. The Kier molecular flexibility index (Phi) is 7.48. The van der Waals surface area contributed by atoms with Crippen molar-refractivity contribution in [1.82, 2.24) is 0 Å². The summed E-state index contributed by atoms with van der Waals surface area (Å²) in [7, 11) is 3.22. The summed E-state index contributed by atoms with van der Waals surface area (Å²) in [6.07, 6.45) is 0.938. The molecule has 1 aromatic rings. The fourth-order valence-corrected chi connectivity index (χ4v) is 1.85. The number of nitriles is 1. The van der Waals surface area contributed by atoms with E-state index in [0.29, 0.717) is 13.0 Å². The van der Waals surface area contributed by atoms with Gasteiger partial charge in [-0.2, -0.15) is 5.26 Å². The monoisotopic (exact) mass is 278 g/mol. The standard InChI is InChI=1S/C15H22N2O3/c1-12(15(18-2)19-3)17-13-7-6-8-14(11-13)20-10-5-4-9-16/h6-8,11-12,15,17H,4-5,10H2,1-3H3. The van der Waals surface area contributed by atoms with Crippen molar-refractivity contribution < 1.29 is 14.2 Å². The van der Waals surface area contributed by atoms with Gasteiger partial charge in [-0.15, -0.1) is 0 Å². The number of benzene rings is 1. The molecule has 1 aromatic carbocycles. The van der Waals surface area contributed by atoms with Gasteiger partial charge in [0.15, 0.2) is 6.29 Å². The quantitative estimate of drug-likeness (QED) is 0.556. The van der Waals surface area contributed by atoms with Crippen molar-refractivity contribution >= 4 is 5.69 Å². The highest BCUT2D eigenvalue weighted by Gasteiger charge is 2.15. The first-order valence-corrected chi connectivity index (χ1v) is 6.63. The summed E-state index contributed by atoms with van der Waals surface area (Å²) in [5.41, 5.74) is 0.939. The first-order valence-electron chi connectivity index (χ1n) is 6.63. The smallest absolute Gasteiger partial charge is 0.176 e. The van der Waals surface area contributed by atoms with Gasteiger partial charge in [-0.1, -0.05) is 6.07 Å². The Labute approximate surface area is 120 Å². The van der Waals surface area contributed by atoms with E-state index in [1.54, 1.807) is 14.2 Å². The molecule has 0 amide bonds. The molecule has 0 heterocycles. The van der Waals surface area contributed by atoms with Crippen LogP contribution >= 0.6 is 0 Å². The lowest BCUT2D eigenvalue weighted by Gasteiger charge is -2.23. The number of hydrogen-bond donors (Lipinski definition) is 1. The molecule has 0 fully saturated rings. The van der Waals surface area contributed by atoms with Gasteiger partial charge in [0.1, 0.15) is 5.75 Å². The molecule has 5 nitrogen and oxygen atoms in total. The van der Waals surface area contributed by atoms with Crippen LogP contribution in [0.15, 0.2) is 24.3 Å². The maximum atomic E-state index is 8.47. The second-order valence-corrected chi connectivity index (χ2v) is 4.41. The Morgan fingerprint density at radius 2 is 2.05 bits per heavy atom. The van der Waals surface area contributed by atoms with Crippen LogP contribution in [0.25, 0.3) is 0 Å². The van der Waals surface area contributed by atoms with Gasteiger partial charge in [0.05, 0.1) is 18.7 Å². The molecular weight excluding hydrogens is 256 g/mol. The third-order valence-electron chi connectivity index (χ3n) is 2.80. The number of hydrogen-bond acceptors (Lipinski definition) is 5. The normalized spacial score (nSPS) is 11.9. The van der Waals surface area contributed by atoms with Crippen LogP contribution in [-0.2, 0) is 9.47 Å². The summed E-state index contributed by atoms with van der Waals surface area (Å²) in [6.45, 7) is 2.53. The molecule has 0 saturated carbocycles. The largest absolute Gasteiger partial charge is 0.493 e. The molecule has 0 radical (unpaired) electrons. The molecule has 0 aliphatic heterocycles. The third kappa shape index (κ3) is 5.47. The summed E-state index contributed by atoms with van der Waals surface area (Å²) in [6, 6.07) is 9.81. The van der Waals surface area contributed by atoms with Crippen molar-refractivity contribution in [2.75, 3.05) is 26.1 Å². The van der Waals surface area contributed by atoms with E-state index in [0.717, 1.165) is 17.9 Å². The highest BCUT2D eigenvalue weighted by Crippen LogP contribution is 2.19. The zero-order valence-corrected chi connectivity index (χ0v) is 12.3. The highest BCUT2D eigenvalue weighted by atomic mass is 16.7. The number of nitrogens with zero attached hydrogens (tertiary/aromatic N) is 1. The van der Waals surface area contributed by atoms with E-state index < -0.39 is 0 Å². The Balaban J connectivity index is 2.53. The topological polar surface area (TPSA) is 63.5 Å². The van der Waals surface area contributed by atoms with Crippen LogP contribution in [-0.4, -0.2) is 33.2 Å². The minimum Gasteiger partial charge on any atom is -0.493 e. The fraction of sp³-hybridized carbons (Fsp3) is 0.533. The van der Waals surface area contributed by atoms with Gasteiger partial charge >= 0.3 is 0 Å². The molecule has 110 valence electrons. The van der Waals surface area contributed by atoms with Gasteiger partial charge < -0.3 is 19.5 Å². The lowest BCUT2D eigenvalue weighted by molar-refractivity contribution is -0.109. The van der Waals surface area contributed by atoms with Gasteiger partial charge in [0, 0.05) is 32.4 Å². The van der Waals surface area contributed by atoms with Crippen molar-refractivity contribution in [1.29, 1.82) is 5.26 Å². The highest BCUT2D eigenvalue weighted by molar-refractivity contribution is 5.48. The second-order valence-electron chi connectivity index (χ2n) is 4.41. The minimum atomic E-state index is -0.310. The van der Waals surface area contributed by atoms with Crippen LogP contribution in [0, 0.1) is 11.3 Å². The summed E-state index contributed by atoms with van der Waals surface area (Å²) >= 11 is 0. The van der Waals surface area contributed by atoms with Crippen LogP contribution in [0.2, 0.25) is 0 Å². The van der Waals surface area contributed by atoms with Crippen molar-refractivity contribution in [3.63, 3.8) is 0 Å². The lowest BCUT2D eigenvalue weighted by Crippen LogP contribution is -2.33. The fourth-order valence-electron chi connectivity index (χ4n) is 1.85. The second kappa shape index (κ2) is 9.18. The Morgan fingerprint density at radius 3 is 2.70 bits per heavy atom. The summed E-state index contributed by atoms with van der Waals surface area (Å²) in [5.74, 6) is 0.784. The molecule has 0 aromatic heterocycles. The van der Waals surface area contributed by atoms with Gasteiger partial charge in [0.2, 0.25) is 0 Å². The molecule has 5 heteroatoms. The number of methoxy groups -OCH3 is 2. The van der Waals surface area contributed by atoms with Crippen LogP contribution in [0.3, 0.4) is 0 Å². The Bertz CT molecular complexity index is 427. The van der Waals surface area contributed by atoms with E-state index in [9.17, 15) is 0 Å². The molecule has 0 bridgehead atoms. The predicted octanol–water partition coefficient (Wildman–Crippen LogP) is 2.79. The van der Waals surface area contributed by atoms with Crippen LogP contribution in [0.4, 0.5) is 5.69 Å². The van der Waals surface area contributed by atoms with E-state index >= 15 is 0 Å². The lowest BCUT2D eigenvalue weighted by atomic mass is 10.2. The molecule has 0 aliphatic carbocycles. The maximum absolute atomic E-state index is 8.47. The van der Waals surface area contributed by atoms with E-state index in [1.165, 1.54) is 0 Å². The molecule has 1 atom stereocenters. The first-order chi connectivity index (χ1) is 9.71. The van der Waals surface area contributed by atoms with Crippen molar-refractivity contribution in [2.45, 2.75) is 32.1 Å². The van der Waals surface area contributed by atoms with Crippen molar-refractivity contribution in [3.05, 3.63) is 24.3 Å². The number of anilines is 1. The molecular formula is C15H22N2O3. The summed E-state index contributed by atoms with van der Waals surface area (Å²) in [5, 5.41) is 11.8. The van der Waals surface area contributed by atoms with Crippen LogP contribution < -0.4 is 10.1 Å². The van der Waals surface area contributed by atoms with Crippen molar-refractivity contribution in [3.8, 4) is 11.8 Å². The zero-order valence-electron chi connectivity index (χ0n) is 12.3. The van der Waals surface area contributed by atoms with Gasteiger partial charge in [-0.25, -0.2) is 0 Å². The molecule has 1 unspecified atom stereocenters. The first kappa shape index (κ1) is 16.3. The van der Waals surface area contributed by atoms with Gasteiger partial charge in [-0.05, 0) is 25.5 Å². The molecule has 1 rings (SSSR count). The zero-order chi connectivity index (χ0) is 14.8. The minimum absolute atomic E-state index is 0.0128. The molecule has 20 heavy (non-hydrogen) atoms. The summed E-state index contributed by atoms with van der Waals surface area (Å²) in [4.78, 5) is 0. The number of ether oxygens (including phenoxy) is 3.